The van der Waals surface area contributed by atoms with Gasteiger partial charge in [0.15, 0.2) is 0 Å². The summed E-state index contributed by atoms with van der Waals surface area (Å²) in [5, 5.41) is 16.4. The summed E-state index contributed by atoms with van der Waals surface area (Å²) in [6, 6.07) is 3.18. The fourth-order valence-corrected chi connectivity index (χ4v) is 4.41. The molecule has 0 atom stereocenters. The topological polar surface area (TPSA) is 93.0 Å². The average molecular weight is 395 g/mol. The summed E-state index contributed by atoms with van der Waals surface area (Å²) < 4.78 is 1.20. The number of hydrogen-bond acceptors (Lipinski definition) is 8. The Labute approximate surface area is 160 Å². The molecule has 1 fully saturated rings. The SMILES string of the molecule is CC(C)Cc1nnc(NC(=O)Cn2nc(N3CCSCC3)ccc2=O)s1. The smallest absolute Gasteiger partial charge is 0.267 e. The second-order valence-electron chi connectivity index (χ2n) is 6.43. The third kappa shape index (κ3) is 5.04. The molecule has 3 heterocycles. The van der Waals surface area contributed by atoms with E-state index in [0.717, 1.165) is 41.8 Å². The van der Waals surface area contributed by atoms with E-state index in [2.05, 4.69) is 39.4 Å². The van der Waals surface area contributed by atoms with Gasteiger partial charge in [0.25, 0.3) is 5.56 Å². The van der Waals surface area contributed by atoms with Crippen molar-refractivity contribution in [3.05, 3.63) is 27.5 Å². The number of anilines is 2. The summed E-state index contributed by atoms with van der Waals surface area (Å²) in [6.07, 6.45) is 0.824. The first kappa shape index (κ1) is 18.8. The molecule has 1 N–H and O–H groups in total. The Kier molecular flexibility index (Phi) is 6.25. The molecule has 0 saturated carbocycles. The summed E-state index contributed by atoms with van der Waals surface area (Å²) in [6.45, 7) is 5.85. The number of nitrogens with zero attached hydrogens (tertiary/aromatic N) is 5. The van der Waals surface area contributed by atoms with Gasteiger partial charge in [0.1, 0.15) is 17.4 Å². The van der Waals surface area contributed by atoms with Crippen molar-refractivity contribution < 1.29 is 4.79 Å². The molecule has 1 aliphatic rings. The van der Waals surface area contributed by atoms with E-state index in [4.69, 9.17) is 0 Å². The van der Waals surface area contributed by atoms with Crippen LogP contribution in [-0.2, 0) is 17.8 Å². The molecule has 0 unspecified atom stereocenters. The van der Waals surface area contributed by atoms with Gasteiger partial charge < -0.3 is 4.90 Å². The zero-order valence-electron chi connectivity index (χ0n) is 14.8. The van der Waals surface area contributed by atoms with Crippen LogP contribution in [-0.4, -0.2) is 50.5 Å². The van der Waals surface area contributed by atoms with Crippen molar-refractivity contribution in [1.29, 1.82) is 0 Å². The van der Waals surface area contributed by atoms with Gasteiger partial charge in [-0.2, -0.15) is 16.9 Å². The number of aromatic nitrogens is 4. The predicted octanol–water partition coefficient (Wildman–Crippen LogP) is 1.49. The van der Waals surface area contributed by atoms with E-state index >= 15 is 0 Å². The molecule has 10 heteroatoms. The van der Waals surface area contributed by atoms with Gasteiger partial charge in [-0.05, 0) is 12.0 Å². The number of rotatable bonds is 6. The van der Waals surface area contributed by atoms with E-state index in [1.54, 1.807) is 6.07 Å². The van der Waals surface area contributed by atoms with Crippen molar-refractivity contribution in [3.8, 4) is 0 Å². The molecule has 0 spiro atoms. The van der Waals surface area contributed by atoms with Crippen LogP contribution >= 0.6 is 23.1 Å². The monoisotopic (exact) mass is 394 g/mol. The minimum atomic E-state index is -0.335. The van der Waals surface area contributed by atoms with Gasteiger partial charge >= 0.3 is 0 Å². The van der Waals surface area contributed by atoms with Crippen LogP contribution in [0.4, 0.5) is 10.9 Å². The van der Waals surface area contributed by atoms with E-state index in [-0.39, 0.29) is 18.0 Å². The first-order valence-corrected chi connectivity index (χ1v) is 10.5. The molecule has 2 aromatic rings. The molecule has 140 valence electrons. The fourth-order valence-electron chi connectivity index (χ4n) is 2.54. The van der Waals surface area contributed by atoms with Crippen LogP contribution in [0.5, 0.6) is 0 Å². The molecule has 1 saturated heterocycles. The first-order chi connectivity index (χ1) is 12.5. The molecule has 0 radical (unpaired) electrons. The van der Waals surface area contributed by atoms with Crippen LogP contribution in [0.15, 0.2) is 16.9 Å². The Morgan fingerprint density at radius 1 is 1.27 bits per heavy atom. The number of carbonyl (C=O) groups is 1. The van der Waals surface area contributed by atoms with Crippen LogP contribution in [0.3, 0.4) is 0 Å². The lowest BCUT2D eigenvalue weighted by atomic mass is 10.1. The van der Waals surface area contributed by atoms with Gasteiger partial charge in [-0.25, -0.2) is 4.68 Å². The quantitative estimate of drug-likeness (QED) is 0.793. The molecule has 0 aromatic carbocycles. The normalized spacial score (nSPS) is 14.7. The minimum absolute atomic E-state index is 0.144. The Balaban J connectivity index is 1.65. The number of nitrogens with one attached hydrogen (secondary N) is 1. The zero-order valence-corrected chi connectivity index (χ0v) is 16.5. The lowest BCUT2D eigenvalue weighted by Crippen LogP contribution is -2.36. The van der Waals surface area contributed by atoms with Crippen LogP contribution in [0, 0.1) is 5.92 Å². The number of carbonyl (C=O) groups excluding carboxylic acids is 1. The van der Waals surface area contributed by atoms with Gasteiger partial charge in [-0.1, -0.05) is 25.2 Å². The van der Waals surface area contributed by atoms with Crippen molar-refractivity contribution in [2.45, 2.75) is 26.8 Å². The summed E-state index contributed by atoms with van der Waals surface area (Å²) >= 11 is 3.26. The third-order valence-electron chi connectivity index (χ3n) is 3.78. The summed E-state index contributed by atoms with van der Waals surface area (Å²) in [7, 11) is 0. The maximum Gasteiger partial charge on any atom is 0.267 e. The molecule has 1 amide bonds. The van der Waals surface area contributed by atoms with Gasteiger partial charge in [0.2, 0.25) is 11.0 Å². The van der Waals surface area contributed by atoms with Gasteiger partial charge in [0.05, 0.1) is 0 Å². The van der Waals surface area contributed by atoms with Crippen LogP contribution < -0.4 is 15.8 Å². The first-order valence-electron chi connectivity index (χ1n) is 8.54. The van der Waals surface area contributed by atoms with Crippen molar-refractivity contribution in [3.63, 3.8) is 0 Å². The number of thioether (sulfide) groups is 1. The largest absolute Gasteiger partial charge is 0.354 e. The summed E-state index contributed by atoms with van der Waals surface area (Å²) in [4.78, 5) is 26.4. The third-order valence-corrected chi connectivity index (χ3v) is 5.58. The van der Waals surface area contributed by atoms with E-state index in [9.17, 15) is 9.59 Å². The standard InChI is InChI=1S/C16H22N6O2S2/c1-11(2)9-14-18-19-16(26-14)17-13(23)10-22-15(24)4-3-12(20-22)21-5-7-25-8-6-21/h3-4,11H,5-10H2,1-2H3,(H,17,19,23). The van der Waals surface area contributed by atoms with Gasteiger partial charge in [-0.3, -0.25) is 14.9 Å². The lowest BCUT2D eigenvalue weighted by Gasteiger charge is -2.27. The van der Waals surface area contributed by atoms with Crippen molar-refractivity contribution in [2.24, 2.45) is 5.92 Å². The molecule has 1 aliphatic heterocycles. The van der Waals surface area contributed by atoms with Crippen molar-refractivity contribution >= 4 is 40.0 Å². The predicted molar refractivity (Wildman–Crippen MR) is 105 cm³/mol. The highest BCUT2D eigenvalue weighted by Gasteiger charge is 2.15. The maximum atomic E-state index is 12.3. The molecule has 2 aromatic heterocycles. The van der Waals surface area contributed by atoms with E-state index in [1.165, 1.54) is 22.1 Å². The van der Waals surface area contributed by atoms with Gasteiger partial charge in [-0.15, -0.1) is 10.2 Å². The molecular formula is C16H22N6O2S2. The van der Waals surface area contributed by atoms with Gasteiger partial charge in [0, 0.05) is 37.1 Å². The fraction of sp³-hybridized carbons (Fsp3) is 0.562. The summed E-state index contributed by atoms with van der Waals surface area (Å²) in [5.74, 6) is 2.95. The highest BCUT2D eigenvalue weighted by atomic mass is 32.2. The second-order valence-corrected chi connectivity index (χ2v) is 8.72. The highest BCUT2D eigenvalue weighted by molar-refractivity contribution is 7.99. The van der Waals surface area contributed by atoms with E-state index in [0.29, 0.717) is 11.0 Å². The molecule has 26 heavy (non-hydrogen) atoms. The lowest BCUT2D eigenvalue weighted by molar-refractivity contribution is -0.117. The Morgan fingerprint density at radius 3 is 2.77 bits per heavy atom. The Bertz CT molecular complexity index is 813. The molecule has 3 rings (SSSR count). The molecule has 8 nitrogen and oxygen atoms in total. The minimum Gasteiger partial charge on any atom is -0.354 e. The summed E-state index contributed by atoms with van der Waals surface area (Å²) in [5.41, 5.74) is -0.298. The zero-order chi connectivity index (χ0) is 18.5. The average Bonchev–Trinajstić information content (AvgIpc) is 3.03. The van der Waals surface area contributed by atoms with Crippen LogP contribution in [0.25, 0.3) is 0 Å². The van der Waals surface area contributed by atoms with E-state index < -0.39 is 0 Å². The Hall–Kier alpha value is -1.94. The van der Waals surface area contributed by atoms with Crippen LogP contribution in [0.2, 0.25) is 0 Å². The second kappa shape index (κ2) is 8.63. The van der Waals surface area contributed by atoms with Crippen molar-refractivity contribution in [2.75, 3.05) is 34.8 Å². The molecular weight excluding hydrogens is 372 g/mol. The molecule has 0 aliphatic carbocycles. The highest BCUT2D eigenvalue weighted by Crippen LogP contribution is 2.18. The van der Waals surface area contributed by atoms with Crippen molar-refractivity contribution in [1.82, 2.24) is 20.0 Å². The maximum absolute atomic E-state index is 12.3. The van der Waals surface area contributed by atoms with Crippen LogP contribution in [0.1, 0.15) is 18.9 Å². The molecule has 0 bridgehead atoms. The number of hydrogen-bond donors (Lipinski definition) is 1. The van der Waals surface area contributed by atoms with E-state index in [1.807, 2.05) is 11.8 Å². The Morgan fingerprint density at radius 2 is 2.04 bits per heavy atom. The number of amides is 1.